The third-order valence-electron chi connectivity index (χ3n) is 3.04. The van der Waals surface area contributed by atoms with Gasteiger partial charge in [-0.2, -0.15) is 0 Å². The first kappa shape index (κ1) is 13.8. The fourth-order valence-corrected chi connectivity index (χ4v) is 2.11. The molecule has 1 amide bonds. The van der Waals surface area contributed by atoms with Crippen molar-refractivity contribution in [2.75, 3.05) is 18.4 Å². The van der Waals surface area contributed by atoms with Gasteiger partial charge in [-0.15, -0.1) is 0 Å². The van der Waals surface area contributed by atoms with Gasteiger partial charge in [-0.1, -0.05) is 0 Å². The van der Waals surface area contributed by atoms with Crippen LogP contribution >= 0.6 is 0 Å². The lowest BCUT2D eigenvalue weighted by atomic mass is 9.99. The molecule has 0 bridgehead atoms. The average Bonchev–Trinajstić information content (AvgIpc) is 2.41. The summed E-state index contributed by atoms with van der Waals surface area (Å²) in [6.07, 6.45) is 3.66. The molecule has 104 valence electrons. The maximum Gasteiger partial charge on any atom is 0.238 e. The van der Waals surface area contributed by atoms with E-state index in [-0.39, 0.29) is 17.9 Å². The van der Waals surface area contributed by atoms with Crippen molar-refractivity contribution < 1.29 is 9.53 Å². The fourth-order valence-electron chi connectivity index (χ4n) is 2.11. The van der Waals surface area contributed by atoms with Gasteiger partial charge in [0.15, 0.2) is 0 Å². The molecule has 1 atom stereocenters. The Balaban J connectivity index is 2.03. The smallest absolute Gasteiger partial charge is 0.238 e. The lowest BCUT2D eigenvalue weighted by Gasteiger charge is -2.22. The van der Waals surface area contributed by atoms with Crippen LogP contribution < -0.4 is 15.4 Å². The predicted octanol–water partition coefficient (Wildman–Crippen LogP) is 1.81. The number of nitrogens with one attached hydrogen (secondary N) is 2. The van der Waals surface area contributed by atoms with Crippen LogP contribution in [0.2, 0.25) is 0 Å². The van der Waals surface area contributed by atoms with Crippen molar-refractivity contribution in [1.82, 2.24) is 10.3 Å². The zero-order valence-electron chi connectivity index (χ0n) is 11.5. The van der Waals surface area contributed by atoms with Crippen molar-refractivity contribution in [3.05, 3.63) is 18.3 Å². The highest BCUT2D eigenvalue weighted by Crippen LogP contribution is 2.23. The number of carbonyl (C=O) groups is 1. The van der Waals surface area contributed by atoms with Crippen molar-refractivity contribution in [3.8, 4) is 5.88 Å². The maximum atomic E-state index is 12.2. The molecule has 5 heteroatoms. The van der Waals surface area contributed by atoms with Crippen LogP contribution in [0.3, 0.4) is 0 Å². The number of amides is 1. The number of hydrogen-bond donors (Lipinski definition) is 2. The van der Waals surface area contributed by atoms with E-state index in [0.29, 0.717) is 11.6 Å². The van der Waals surface area contributed by atoms with Crippen LogP contribution in [0.25, 0.3) is 0 Å². The van der Waals surface area contributed by atoms with Crippen LogP contribution in [-0.2, 0) is 4.79 Å². The Kier molecular flexibility index (Phi) is 4.74. The van der Waals surface area contributed by atoms with Gasteiger partial charge in [-0.3, -0.25) is 4.79 Å². The molecule has 0 saturated carbocycles. The van der Waals surface area contributed by atoms with Gasteiger partial charge < -0.3 is 15.4 Å². The molecule has 1 fully saturated rings. The molecule has 1 aromatic heterocycles. The normalized spacial score (nSPS) is 19.2. The van der Waals surface area contributed by atoms with Gasteiger partial charge in [-0.05, 0) is 45.4 Å². The molecule has 0 spiro atoms. The Morgan fingerprint density at radius 2 is 2.42 bits per heavy atom. The van der Waals surface area contributed by atoms with Crippen molar-refractivity contribution in [3.63, 3.8) is 0 Å². The fraction of sp³-hybridized carbons (Fsp3) is 0.571. The summed E-state index contributed by atoms with van der Waals surface area (Å²) in [7, 11) is 0. The number of piperidine rings is 1. The Labute approximate surface area is 113 Å². The molecule has 2 N–H and O–H groups in total. The Morgan fingerprint density at radius 1 is 1.58 bits per heavy atom. The molecule has 1 aliphatic heterocycles. The highest BCUT2D eigenvalue weighted by Gasteiger charge is 2.22. The molecule has 2 heterocycles. The molecule has 1 unspecified atom stereocenters. The third kappa shape index (κ3) is 3.92. The van der Waals surface area contributed by atoms with Crippen LogP contribution in [0.1, 0.15) is 26.7 Å². The second-order valence-corrected chi connectivity index (χ2v) is 5.06. The number of aromatic nitrogens is 1. The van der Waals surface area contributed by atoms with E-state index < -0.39 is 0 Å². The first-order valence-electron chi connectivity index (χ1n) is 6.80. The van der Waals surface area contributed by atoms with E-state index in [9.17, 15) is 4.79 Å². The van der Waals surface area contributed by atoms with Crippen LogP contribution in [0.5, 0.6) is 5.88 Å². The van der Waals surface area contributed by atoms with Gasteiger partial charge in [0, 0.05) is 12.7 Å². The summed E-state index contributed by atoms with van der Waals surface area (Å²) in [5.41, 5.74) is 0.645. The van der Waals surface area contributed by atoms with E-state index in [0.717, 1.165) is 25.9 Å². The SMILES string of the molecule is CC(C)Oc1ncccc1NC(=O)C1CCCNC1. The largest absolute Gasteiger partial charge is 0.473 e. The Morgan fingerprint density at radius 3 is 3.11 bits per heavy atom. The third-order valence-corrected chi connectivity index (χ3v) is 3.04. The number of anilines is 1. The second kappa shape index (κ2) is 6.52. The number of carbonyl (C=O) groups excluding carboxylic acids is 1. The molecular weight excluding hydrogens is 242 g/mol. The molecule has 5 nitrogen and oxygen atoms in total. The zero-order chi connectivity index (χ0) is 13.7. The summed E-state index contributed by atoms with van der Waals surface area (Å²) in [4.78, 5) is 16.3. The van der Waals surface area contributed by atoms with Gasteiger partial charge >= 0.3 is 0 Å². The molecule has 0 aromatic carbocycles. The van der Waals surface area contributed by atoms with Gasteiger partial charge in [-0.25, -0.2) is 4.98 Å². The van der Waals surface area contributed by atoms with E-state index in [4.69, 9.17) is 4.74 Å². The molecule has 0 radical (unpaired) electrons. The monoisotopic (exact) mass is 263 g/mol. The summed E-state index contributed by atoms with van der Waals surface area (Å²) in [6, 6.07) is 3.61. The summed E-state index contributed by atoms with van der Waals surface area (Å²) in [5, 5.41) is 6.16. The van der Waals surface area contributed by atoms with E-state index in [1.807, 2.05) is 19.9 Å². The minimum atomic E-state index is 0.0286. The lowest BCUT2D eigenvalue weighted by molar-refractivity contribution is -0.120. The van der Waals surface area contributed by atoms with E-state index in [1.54, 1.807) is 12.3 Å². The molecule has 19 heavy (non-hydrogen) atoms. The minimum absolute atomic E-state index is 0.0286. The molecular formula is C14H21N3O2. The summed E-state index contributed by atoms with van der Waals surface area (Å²) >= 11 is 0. The van der Waals surface area contributed by atoms with E-state index >= 15 is 0 Å². The predicted molar refractivity (Wildman–Crippen MR) is 74.2 cm³/mol. The Bertz CT molecular complexity index is 428. The van der Waals surface area contributed by atoms with Gasteiger partial charge in [0.1, 0.15) is 5.69 Å². The van der Waals surface area contributed by atoms with Gasteiger partial charge in [0.05, 0.1) is 12.0 Å². The van der Waals surface area contributed by atoms with Crippen LogP contribution in [0.4, 0.5) is 5.69 Å². The number of nitrogens with zero attached hydrogens (tertiary/aromatic N) is 1. The van der Waals surface area contributed by atoms with Crippen LogP contribution in [0.15, 0.2) is 18.3 Å². The van der Waals surface area contributed by atoms with E-state index in [1.165, 1.54) is 0 Å². The number of rotatable bonds is 4. The first-order chi connectivity index (χ1) is 9.16. The molecule has 1 aromatic rings. The number of ether oxygens (including phenoxy) is 1. The second-order valence-electron chi connectivity index (χ2n) is 5.06. The van der Waals surface area contributed by atoms with Gasteiger partial charge in [0.2, 0.25) is 11.8 Å². The highest BCUT2D eigenvalue weighted by molar-refractivity contribution is 5.93. The number of pyridine rings is 1. The van der Waals surface area contributed by atoms with Crippen molar-refractivity contribution in [1.29, 1.82) is 0 Å². The Hall–Kier alpha value is -1.62. The quantitative estimate of drug-likeness (QED) is 0.869. The topological polar surface area (TPSA) is 63.2 Å². The summed E-state index contributed by atoms with van der Waals surface area (Å²) in [6.45, 7) is 5.61. The van der Waals surface area contributed by atoms with Crippen molar-refractivity contribution in [2.45, 2.75) is 32.8 Å². The van der Waals surface area contributed by atoms with Gasteiger partial charge in [0.25, 0.3) is 0 Å². The summed E-state index contributed by atoms with van der Waals surface area (Å²) in [5.74, 6) is 0.546. The standard InChI is InChI=1S/C14H21N3O2/c1-10(2)19-14-12(6-4-8-16-14)17-13(18)11-5-3-7-15-9-11/h4,6,8,10-11,15H,3,5,7,9H2,1-2H3,(H,17,18). The molecule has 1 saturated heterocycles. The van der Waals surface area contributed by atoms with Crippen LogP contribution in [-0.4, -0.2) is 30.1 Å². The zero-order valence-corrected chi connectivity index (χ0v) is 11.5. The highest BCUT2D eigenvalue weighted by atomic mass is 16.5. The lowest BCUT2D eigenvalue weighted by Crippen LogP contribution is -2.37. The molecule has 2 rings (SSSR count). The number of hydrogen-bond acceptors (Lipinski definition) is 4. The minimum Gasteiger partial charge on any atom is -0.473 e. The summed E-state index contributed by atoms with van der Waals surface area (Å²) < 4.78 is 5.59. The first-order valence-corrected chi connectivity index (χ1v) is 6.80. The van der Waals surface area contributed by atoms with E-state index in [2.05, 4.69) is 15.6 Å². The molecule has 0 aliphatic carbocycles. The van der Waals surface area contributed by atoms with Crippen molar-refractivity contribution >= 4 is 11.6 Å². The molecule has 1 aliphatic rings. The maximum absolute atomic E-state index is 12.2. The van der Waals surface area contributed by atoms with Crippen molar-refractivity contribution in [2.24, 2.45) is 5.92 Å². The van der Waals surface area contributed by atoms with Crippen LogP contribution in [0, 0.1) is 5.92 Å². The average molecular weight is 263 g/mol.